The van der Waals surface area contributed by atoms with Gasteiger partial charge in [-0.15, -0.1) is 5.10 Å². The first-order chi connectivity index (χ1) is 18.3. The summed E-state index contributed by atoms with van der Waals surface area (Å²) in [5.74, 6) is 1.25. The third kappa shape index (κ3) is 4.07. The molecule has 1 saturated heterocycles. The van der Waals surface area contributed by atoms with E-state index in [9.17, 15) is 4.79 Å². The standard InChI is InChI=1S/C30H31N5O2S/c1-29(2)21-14-15-30(29,3)25(17-21)32-33-28-31-27(36)24(38-28)16-20-18-35(22-8-6-5-7-9-22)34-26(20)19-10-12-23(37-4)13-11-19/h5-13,16,18,21H,14-15,17H2,1-4H3,(H,31,33,36)/b24-16+,32-25+. The molecule has 1 amide bonds. The van der Waals surface area contributed by atoms with Gasteiger partial charge in [-0.25, -0.2) is 4.68 Å². The van der Waals surface area contributed by atoms with Crippen molar-refractivity contribution in [2.75, 3.05) is 7.11 Å². The van der Waals surface area contributed by atoms with Gasteiger partial charge < -0.3 is 4.74 Å². The van der Waals surface area contributed by atoms with Gasteiger partial charge >= 0.3 is 0 Å². The van der Waals surface area contributed by atoms with E-state index in [1.165, 1.54) is 18.2 Å². The molecule has 3 fully saturated rings. The molecule has 194 valence electrons. The topological polar surface area (TPSA) is 80.9 Å². The second-order valence-corrected chi connectivity index (χ2v) is 12.0. The summed E-state index contributed by atoms with van der Waals surface area (Å²) in [5.41, 5.74) is 4.96. The van der Waals surface area contributed by atoms with Crippen LogP contribution in [0.4, 0.5) is 0 Å². The highest BCUT2D eigenvalue weighted by atomic mass is 32.2. The van der Waals surface area contributed by atoms with Gasteiger partial charge in [0.1, 0.15) is 5.75 Å². The number of methoxy groups -OCH3 is 1. The molecule has 2 atom stereocenters. The Labute approximate surface area is 227 Å². The molecule has 1 aliphatic heterocycles. The number of nitrogens with one attached hydrogen (secondary N) is 1. The van der Waals surface area contributed by atoms with Crippen LogP contribution in [0.25, 0.3) is 23.0 Å². The first-order valence-electron chi connectivity index (χ1n) is 12.9. The average molecular weight is 526 g/mol. The number of thioether (sulfide) groups is 1. The largest absolute Gasteiger partial charge is 0.497 e. The fraction of sp³-hybridized carbons (Fsp3) is 0.333. The number of carbonyl (C=O) groups is 1. The van der Waals surface area contributed by atoms with Crippen molar-refractivity contribution in [2.45, 2.75) is 40.0 Å². The van der Waals surface area contributed by atoms with Gasteiger partial charge in [0.25, 0.3) is 5.91 Å². The predicted molar refractivity (Wildman–Crippen MR) is 153 cm³/mol. The molecule has 2 unspecified atom stereocenters. The Hall–Kier alpha value is -3.65. The van der Waals surface area contributed by atoms with Crippen LogP contribution in [0, 0.1) is 16.7 Å². The number of fused-ring (bicyclic) bond motifs is 2. The van der Waals surface area contributed by atoms with Gasteiger partial charge in [0.2, 0.25) is 0 Å². The lowest BCUT2D eigenvalue weighted by Gasteiger charge is -2.34. The minimum atomic E-state index is -0.179. The van der Waals surface area contributed by atoms with Gasteiger partial charge in [0, 0.05) is 28.5 Å². The fourth-order valence-electron chi connectivity index (χ4n) is 5.98. The lowest BCUT2D eigenvalue weighted by atomic mass is 9.70. The number of aromatic nitrogens is 2. The molecule has 0 radical (unpaired) electrons. The Morgan fingerprint density at radius 3 is 2.53 bits per heavy atom. The first kappa shape index (κ1) is 24.7. The molecule has 6 rings (SSSR count). The van der Waals surface area contributed by atoms with Crippen LogP contribution in [0.15, 0.2) is 75.9 Å². The quantitative estimate of drug-likeness (QED) is 0.313. The molecule has 2 heterocycles. The Bertz CT molecular complexity index is 1490. The molecular formula is C30H31N5O2S. The fourth-order valence-corrected chi connectivity index (χ4v) is 6.74. The van der Waals surface area contributed by atoms with Gasteiger partial charge in [-0.05, 0) is 84.8 Å². The molecule has 2 aliphatic carbocycles. The summed E-state index contributed by atoms with van der Waals surface area (Å²) in [5, 5.41) is 17.4. The zero-order chi connectivity index (χ0) is 26.5. The van der Waals surface area contributed by atoms with Crippen LogP contribution in [-0.4, -0.2) is 33.7 Å². The summed E-state index contributed by atoms with van der Waals surface area (Å²) >= 11 is 1.32. The average Bonchev–Trinajstić information content (AvgIpc) is 3.62. The number of rotatable bonds is 5. The van der Waals surface area contributed by atoms with E-state index in [0.29, 0.717) is 16.0 Å². The summed E-state index contributed by atoms with van der Waals surface area (Å²) in [6.45, 7) is 7.02. The molecule has 3 aliphatic rings. The minimum Gasteiger partial charge on any atom is -0.497 e. The van der Waals surface area contributed by atoms with Crippen LogP contribution in [0.1, 0.15) is 45.6 Å². The maximum absolute atomic E-state index is 12.9. The van der Waals surface area contributed by atoms with Crippen molar-refractivity contribution in [3.8, 4) is 22.7 Å². The zero-order valence-electron chi connectivity index (χ0n) is 22.1. The number of hydrogen-bond donors (Lipinski definition) is 1. The molecule has 0 spiro atoms. The second kappa shape index (κ2) is 9.27. The summed E-state index contributed by atoms with van der Waals surface area (Å²) < 4.78 is 7.15. The van der Waals surface area contributed by atoms with Gasteiger partial charge in [0.15, 0.2) is 5.17 Å². The molecule has 8 heteroatoms. The van der Waals surface area contributed by atoms with Crippen molar-refractivity contribution >= 4 is 34.6 Å². The molecule has 2 saturated carbocycles. The monoisotopic (exact) mass is 525 g/mol. The van der Waals surface area contributed by atoms with E-state index in [1.807, 2.05) is 71.6 Å². The number of hydrogen-bond acceptors (Lipinski definition) is 6. The summed E-state index contributed by atoms with van der Waals surface area (Å²) in [6.07, 6.45) is 7.22. The third-order valence-electron chi connectivity index (χ3n) is 8.84. The van der Waals surface area contributed by atoms with Crippen molar-refractivity contribution in [1.82, 2.24) is 15.1 Å². The molecule has 7 nitrogen and oxygen atoms in total. The van der Waals surface area contributed by atoms with Crippen LogP contribution < -0.4 is 10.1 Å². The highest BCUT2D eigenvalue weighted by Crippen LogP contribution is 2.64. The van der Waals surface area contributed by atoms with E-state index in [0.717, 1.165) is 46.8 Å². The SMILES string of the molecule is COc1ccc(-c2nn(-c3ccccc3)cc2/C=C2/S/C(=N/N=C3\CC4CCC3(C)C4(C)C)NC2=O)cc1. The van der Waals surface area contributed by atoms with Crippen LogP contribution in [0.2, 0.25) is 0 Å². The third-order valence-corrected chi connectivity index (χ3v) is 9.74. The van der Waals surface area contributed by atoms with Crippen LogP contribution in [0.5, 0.6) is 5.75 Å². The Balaban J connectivity index is 1.32. The summed E-state index contributed by atoms with van der Waals surface area (Å²) in [7, 11) is 1.65. The Morgan fingerprint density at radius 2 is 1.87 bits per heavy atom. The van der Waals surface area contributed by atoms with Gasteiger partial charge in [-0.2, -0.15) is 10.2 Å². The molecule has 38 heavy (non-hydrogen) atoms. The van der Waals surface area contributed by atoms with E-state index in [-0.39, 0.29) is 16.7 Å². The van der Waals surface area contributed by atoms with E-state index >= 15 is 0 Å². The van der Waals surface area contributed by atoms with E-state index in [4.69, 9.17) is 9.84 Å². The maximum atomic E-state index is 12.9. The lowest BCUT2D eigenvalue weighted by Crippen LogP contribution is -2.32. The van der Waals surface area contributed by atoms with Crippen molar-refractivity contribution < 1.29 is 9.53 Å². The Morgan fingerprint density at radius 1 is 1.11 bits per heavy atom. The normalized spacial score (nSPS) is 27.0. The van der Waals surface area contributed by atoms with Crippen LogP contribution >= 0.6 is 11.8 Å². The molecule has 2 aromatic carbocycles. The van der Waals surface area contributed by atoms with Crippen LogP contribution in [0.3, 0.4) is 0 Å². The highest BCUT2D eigenvalue weighted by molar-refractivity contribution is 8.18. The van der Waals surface area contributed by atoms with Gasteiger partial charge in [0.05, 0.1) is 23.4 Å². The maximum Gasteiger partial charge on any atom is 0.264 e. The van der Waals surface area contributed by atoms with Gasteiger partial charge in [-0.3, -0.25) is 10.1 Å². The zero-order valence-corrected chi connectivity index (χ0v) is 22.9. The molecular weight excluding hydrogens is 494 g/mol. The lowest BCUT2D eigenvalue weighted by molar-refractivity contribution is -0.115. The molecule has 2 bridgehead atoms. The molecule has 1 aromatic heterocycles. The van der Waals surface area contributed by atoms with Gasteiger partial charge in [-0.1, -0.05) is 39.0 Å². The van der Waals surface area contributed by atoms with Crippen molar-refractivity contribution in [3.63, 3.8) is 0 Å². The molecule has 3 aromatic rings. The summed E-state index contributed by atoms with van der Waals surface area (Å²) in [4.78, 5) is 13.5. The number of benzene rings is 2. The van der Waals surface area contributed by atoms with E-state index in [1.54, 1.807) is 7.11 Å². The first-order valence-corrected chi connectivity index (χ1v) is 13.8. The smallest absolute Gasteiger partial charge is 0.264 e. The number of carbonyl (C=O) groups excluding carboxylic acids is 1. The van der Waals surface area contributed by atoms with Crippen molar-refractivity contribution in [3.05, 3.63) is 71.3 Å². The second-order valence-electron chi connectivity index (χ2n) is 11.0. The van der Waals surface area contributed by atoms with Crippen molar-refractivity contribution in [2.24, 2.45) is 27.0 Å². The molecule has 1 N–H and O–H groups in total. The minimum absolute atomic E-state index is 0.0764. The Kier molecular flexibility index (Phi) is 6.02. The van der Waals surface area contributed by atoms with Crippen molar-refractivity contribution in [1.29, 1.82) is 0 Å². The van der Waals surface area contributed by atoms with Crippen LogP contribution in [-0.2, 0) is 4.79 Å². The highest BCUT2D eigenvalue weighted by Gasteiger charge is 2.60. The van der Waals surface area contributed by atoms with E-state index < -0.39 is 0 Å². The number of nitrogens with zero attached hydrogens (tertiary/aromatic N) is 4. The number of amides is 1. The number of amidine groups is 1. The number of para-hydroxylation sites is 1. The number of ether oxygens (including phenoxy) is 1. The van der Waals surface area contributed by atoms with E-state index in [2.05, 4.69) is 36.3 Å². The summed E-state index contributed by atoms with van der Waals surface area (Å²) in [6, 6.07) is 17.7. The predicted octanol–water partition coefficient (Wildman–Crippen LogP) is 6.31.